The normalized spacial score (nSPS) is 18.1. The average Bonchev–Trinajstić information content (AvgIpc) is 2.95. The summed E-state index contributed by atoms with van der Waals surface area (Å²) in [6.07, 6.45) is 1.10. The molecule has 0 fully saturated rings. The Bertz CT molecular complexity index is 659. The van der Waals surface area contributed by atoms with Gasteiger partial charge in [-0.1, -0.05) is 30.3 Å². The van der Waals surface area contributed by atoms with E-state index in [9.17, 15) is 13.2 Å². The number of nitrogens with one attached hydrogen (secondary N) is 1. The highest BCUT2D eigenvalue weighted by atomic mass is 32.2. The van der Waals surface area contributed by atoms with Crippen LogP contribution < -0.4 is 4.72 Å². The maximum absolute atomic E-state index is 12.3. The van der Waals surface area contributed by atoms with Crippen molar-refractivity contribution in [3.05, 3.63) is 35.9 Å². The third-order valence-electron chi connectivity index (χ3n) is 3.14. The van der Waals surface area contributed by atoms with Crippen LogP contribution in [0.25, 0.3) is 0 Å². The van der Waals surface area contributed by atoms with Crippen LogP contribution >= 0.6 is 11.8 Å². The molecule has 1 aliphatic rings. The second-order valence-corrected chi connectivity index (χ2v) is 7.90. The molecule has 1 aromatic carbocycles. The van der Waals surface area contributed by atoms with Gasteiger partial charge in [-0.2, -0.15) is 0 Å². The van der Waals surface area contributed by atoms with Gasteiger partial charge < -0.3 is 4.90 Å². The highest BCUT2D eigenvalue weighted by Crippen LogP contribution is 2.24. The predicted molar refractivity (Wildman–Crippen MR) is 89.7 cm³/mol. The van der Waals surface area contributed by atoms with Gasteiger partial charge in [0, 0.05) is 31.5 Å². The SMILES string of the molecule is CN(CCNS(C)(=O)=O)C(=O)[C@@H]1CSC(c2ccccc2)=N1. The largest absolute Gasteiger partial charge is 0.343 e. The number of benzene rings is 1. The summed E-state index contributed by atoms with van der Waals surface area (Å²) in [6, 6.07) is 9.36. The number of sulfonamides is 1. The van der Waals surface area contributed by atoms with E-state index in [0.717, 1.165) is 16.9 Å². The van der Waals surface area contributed by atoms with E-state index in [2.05, 4.69) is 9.71 Å². The molecule has 1 atom stereocenters. The molecule has 8 heteroatoms. The summed E-state index contributed by atoms with van der Waals surface area (Å²) >= 11 is 1.57. The van der Waals surface area contributed by atoms with Crippen molar-refractivity contribution in [2.45, 2.75) is 6.04 Å². The third kappa shape index (κ3) is 4.82. The van der Waals surface area contributed by atoms with Gasteiger partial charge in [0.1, 0.15) is 6.04 Å². The van der Waals surface area contributed by atoms with E-state index in [1.54, 1.807) is 18.8 Å². The van der Waals surface area contributed by atoms with E-state index in [1.165, 1.54) is 4.90 Å². The van der Waals surface area contributed by atoms with Crippen LogP contribution in [0.3, 0.4) is 0 Å². The van der Waals surface area contributed by atoms with Crippen LogP contribution in [0.2, 0.25) is 0 Å². The number of nitrogens with zero attached hydrogens (tertiary/aromatic N) is 2. The first-order valence-corrected chi connectivity index (χ1v) is 9.70. The molecule has 0 saturated carbocycles. The molecule has 1 aliphatic heterocycles. The maximum atomic E-state index is 12.3. The standard InChI is InChI=1S/C14H19N3O3S2/c1-17(9-8-15-22(2,19)20)14(18)12-10-21-13(16-12)11-6-4-3-5-7-11/h3-7,12,15H,8-10H2,1-2H3/t12-/m0/s1. The van der Waals surface area contributed by atoms with Crippen molar-refractivity contribution in [2.24, 2.45) is 4.99 Å². The molecule has 0 spiro atoms. The zero-order valence-corrected chi connectivity index (χ0v) is 14.2. The lowest BCUT2D eigenvalue weighted by atomic mass is 10.2. The number of carbonyl (C=O) groups excluding carboxylic acids is 1. The minimum absolute atomic E-state index is 0.0891. The Hall–Kier alpha value is -1.38. The van der Waals surface area contributed by atoms with Gasteiger partial charge in [0.2, 0.25) is 15.9 Å². The lowest BCUT2D eigenvalue weighted by Gasteiger charge is -2.19. The third-order valence-corrected chi connectivity index (χ3v) is 4.97. The first-order valence-electron chi connectivity index (χ1n) is 6.82. The number of likely N-dealkylation sites (N-methyl/N-ethyl adjacent to an activating group) is 1. The van der Waals surface area contributed by atoms with Crippen LogP contribution in [-0.4, -0.2) is 62.5 Å². The molecular formula is C14H19N3O3S2. The van der Waals surface area contributed by atoms with Crippen molar-refractivity contribution in [3.8, 4) is 0 Å². The van der Waals surface area contributed by atoms with Crippen molar-refractivity contribution in [1.82, 2.24) is 9.62 Å². The molecule has 1 aromatic rings. The molecule has 0 bridgehead atoms. The second kappa shape index (κ2) is 7.26. The van der Waals surface area contributed by atoms with Crippen LogP contribution in [0.15, 0.2) is 35.3 Å². The van der Waals surface area contributed by atoms with Crippen molar-refractivity contribution >= 4 is 32.7 Å². The molecule has 1 N–H and O–H groups in total. The first kappa shape index (κ1) is 17.0. The van der Waals surface area contributed by atoms with Crippen LogP contribution in [-0.2, 0) is 14.8 Å². The number of thioether (sulfide) groups is 1. The van der Waals surface area contributed by atoms with E-state index in [-0.39, 0.29) is 12.5 Å². The van der Waals surface area contributed by atoms with Crippen LogP contribution in [0.4, 0.5) is 0 Å². The summed E-state index contributed by atoms with van der Waals surface area (Å²) in [5, 5.41) is 0.876. The average molecular weight is 341 g/mol. The van der Waals surface area contributed by atoms with Crippen LogP contribution in [0.1, 0.15) is 5.56 Å². The number of aliphatic imine (C=N–C) groups is 1. The first-order chi connectivity index (χ1) is 10.4. The summed E-state index contributed by atoms with van der Waals surface area (Å²) in [5.74, 6) is 0.529. The van der Waals surface area contributed by atoms with Gasteiger partial charge in [0.15, 0.2) is 0 Å². The van der Waals surface area contributed by atoms with Gasteiger partial charge >= 0.3 is 0 Å². The van der Waals surface area contributed by atoms with Crippen molar-refractivity contribution in [2.75, 3.05) is 32.1 Å². The molecule has 1 amide bonds. The van der Waals surface area contributed by atoms with E-state index in [0.29, 0.717) is 12.3 Å². The Kier molecular flexibility index (Phi) is 5.60. The van der Waals surface area contributed by atoms with E-state index in [1.807, 2.05) is 30.3 Å². The Morgan fingerprint density at radius 2 is 2.09 bits per heavy atom. The summed E-state index contributed by atoms with van der Waals surface area (Å²) < 4.78 is 24.4. The monoisotopic (exact) mass is 341 g/mol. The van der Waals surface area contributed by atoms with Gasteiger partial charge in [-0.15, -0.1) is 11.8 Å². The van der Waals surface area contributed by atoms with Gasteiger partial charge in [0.05, 0.1) is 11.3 Å². The van der Waals surface area contributed by atoms with Crippen molar-refractivity contribution in [1.29, 1.82) is 0 Å². The summed E-state index contributed by atoms with van der Waals surface area (Å²) in [7, 11) is -1.57. The molecule has 0 aromatic heterocycles. The fourth-order valence-corrected chi connectivity index (χ4v) is 3.50. The Balaban J connectivity index is 1.92. The quantitative estimate of drug-likeness (QED) is 0.820. The van der Waals surface area contributed by atoms with Gasteiger partial charge in [-0.25, -0.2) is 13.1 Å². The maximum Gasteiger partial charge on any atom is 0.248 e. The molecule has 1 heterocycles. The second-order valence-electron chi connectivity index (χ2n) is 5.05. The lowest BCUT2D eigenvalue weighted by molar-refractivity contribution is -0.130. The molecule has 0 radical (unpaired) electrons. The highest BCUT2D eigenvalue weighted by Gasteiger charge is 2.27. The van der Waals surface area contributed by atoms with E-state index in [4.69, 9.17) is 0 Å². The number of hydrogen-bond acceptors (Lipinski definition) is 5. The Morgan fingerprint density at radius 3 is 2.73 bits per heavy atom. The molecule has 0 saturated heterocycles. The minimum atomic E-state index is -3.23. The van der Waals surface area contributed by atoms with Gasteiger partial charge in [0.25, 0.3) is 0 Å². The Labute approximate surface area is 135 Å². The van der Waals surface area contributed by atoms with Crippen molar-refractivity contribution < 1.29 is 13.2 Å². The zero-order chi connectivity index (χ0) is 16.2. The van der Waals surface area contributed by atoms with Gasteiger partial charge in [-0.3, -0.25) is 9.79 Å². The summed E-state index contributed by atoms with van der Waals surface area (Å²) in [4.78, 5) is 18.3. The molecular weight excluding hydrogens is 322 g/mol. The highest BCUT2D eigenvalue weighted by molar-refractivity contribution is 8.14. The van der Waals surface area contributed by atoms with Gasteiger partial charge in [-0.05, 0) is 0 Å². The minimum Gasteiger partial charge on any atom is -0.343 e. The lowest BCUT2D eigenvalue weighted by Crippen LogP contribution is -2.40. The van der Waals surface area contributed by atoms with Crippen LogP contribution in [0, 0.1) is 0 Å². The fourth-order valence-electron chi connectivity index (χ4n) is 2.00. The fraction of sp³-hybridized carbons (Fsp3) is 0.429. The molecule has 6 nitrogen and oxygen atoms in total. The molecule has 120 valence electrons. The van der Waals surface area contributed by atoms with E-state index >= 15 is 0 Å². The van der Waals surface area contributed by atoms with Crippen molar-refractivity contribution in [3.63, 3.8) is 0 Å². The number of carbonyl (C=O) groups is 1. The molecule has 0 aliphatic carbocycles. The number of amides is 1. The molecule has 2 rings (SSSR count). The van der Waals surface area contributed by atoms with E-state index < -0.39 is 16.1 Å². The number of hydrogen-bond donors (Lipinski definition) is 1. The summed E-state index contributed by atoms with van der Waals surface area (Å²) in [5.41, 5.74) is 1.02. The summed E-state index contributed by atoms with van der Waals surface area (Å²) in [6.45, 7) is 0.527. The zero-order valence-electron chi connectivity index (χ0n) is 12.5. The Morgan fingerprint density at radius 1 is 1.41 bits per heavy atom. The molecule has 0 unspecified atom stereocenters. The topological polar surface area (TPSA) is 78.8 Å². The number of rotatable bonds is 6. The smallest absolute Gasteiger partial charge is 0.248 e. The van der Waals surface area contributed by atoms with Crippen LogP contribution in [0.5, 0.6) is 0 Å². The molecule has 22 heavy (non-hydrogen) atoms. The predicted octanol–water partition coefficient (Wildman–Crippen LogP) is 0.556.